The highest BCUT2D eigenvalue weighted by molar-refractivity contribution is 5.88. The molecule has 0 aromatic heterocycles. The molecule has 0 spiro atoms. The maximum Gasteiger partial charge on any atom is 0.245 e. The highest BCUT2D eigenvalue weighted by Crippen LogP contribution is 2.14. The molecule has 0 unspecified atom stereocenters. The lowest BCUT2D eigenvalue weighted by Gasteiger charge is -2.26. The molecule has 0 aliphatic rings. The third-order valence-electron chi connectivity index (χ3n) is 3.09. The third kappa shape index (κ3) is 3.85. The standard InChI is InChI=1S/C17H20N2O/c1-17(2,19-15-11-7-4-8-12-15)16(20)18-13-14-9-5-3-6-10-14/h3-12,19H,13H2,1-2H3,(H,18,20). The molecule has 0 aliphatic carbocycles. The van der Waals surface area contributed by atoms with Crippen LogP contribution in [0.15, 0.2) is 60.7 Å². The van der Waals surface area contributed by atoms with Crippen LogP contribution in [0.5, 0.6) is 0 Å². The number of hydrogen-bond donors (Lipinski definition) is 2. The number of para-hydroxylation sites is 1. The first-order valence-corrected chi connectivity index (χ1v) is 6.73. The molecular formula is C17H20N2O. The van der Waals surface area contributed by atoms with Crippen molar-refractivity contribution in [1.29, 1.82) is 0 Å². The van der Waals surface area contributed by atoms with Gasteiger partial charge in [0.25, 0.3) is 0 Å². The highest BCUT2D eigenvalue weighted by Gasteiger charge is 2.26. The molecule has 1 amide bonds. The van der Waals surface area contributed by atoms with Crippen molar-refractivity contribution in [2.24, 2.45) is 0 Å². The van der Waals surface area contributed by atoms with E-state index < -0.39 is 5.54 Å². The molecule has 0 fully saturated rings. The minimum Gasteiger partial charge on any atom is -0.372 e. The molecule has 0 saturated carbocycles. The number of nitrogens with one attached hydrogen (secondary N) is 2. The van der Waals surface area contributed by atoms with Crippen molar-refractivity contribution < 1.29 is 4.79 Å². The van der Waals surface area contributed by atoms with E-state index >= 15 is 0 Å². The molecule has 0 saturated heterocycles. The summed E-state index contributed by atoms with van der Waals surface area (Å²) in [5.74, 6) is -0.0230. The zero-order valence-corrected chi connectivity index (χ0v) is 11.9. The molecule has 20 heavy (non-hydrogen) atoms. The van der Waals surface area contributed by atoms with Gasteiger partial charge >= 0.3 is 0 Å². The van der Waals surface area contributed by atoms with Gasteiger partial charge in [-0.25, -0.2) is 0 Å². The van der Waals surface area contributed by atoms with E-state index in [0.717, 1.165) is 11.3 Å². The number of hydrogen-bond acceptors (Lipinski definition) is 2. The zero-order chi connectivity index (χ0) is 14.4. The summed E-state index contributed by atoms with van der Waals surface area (Å²) in [4.78, 5) is 12.3. The Morgan fingerprint density at radius 1 is 0.950 bits per heavy atom. The van der Waals surface area contributed by atoms with Crippen LogP contribution in [0.25, 0.3) is 0 Å². The summed E-state index contributed by atoms with van der Waals surface area (Å²) < 4.78 is 0. The van der Waals surface area contributed by atoms with Crippen LogP contribution in [0, 0.1) is 0 Å². The van der Waals surface area contributed by atoms with Crippen LogP contribution in [0.3, 0.4) is 0 Å². The quantitative estimate of drug-likeness (QED) is 0.874. The zero-order valence-electron chi connectivity index (χ0n) is 11.9. The van der Waals surface area contributed by atoms with Crippen molar-refractivity contribution in [2.75, 3.05) is 5.32 Å². The summed E-state index contributed by atoms with van der Waals surface area (Å²) in [5.41, 5.74) is 1.37. The van der Waals surface area contributed by atoms with Crippen LogP contribution in [0.1, 0.15) is 19.4 Å². The molecule has 0 radical (unpaired) electrons. The first-order valence-electron chi connectivity index (χ1n) is 6.73. The van der Waals surface area contributed by atoms with Gasteiger partial charge in [0.05, 0.1) is 0 Å². The van der Waals surface area contributed by atoms with E-state index in [1.165, 1.54) is 0 Å². The average Bonchev–Trinajstić information content (AvgIpc) is 2.46. The topological polar surface area (TPSA) is 41.1 Å². The lowest BCUT2D eigenvalue weighted by molar-refractivity contribution is -0.124. The van der Waals surface area contributed by atoms with Crippen LogP contribution < -0.4 is 10.6 Å². The van der Waals surface area contributed by atoms with E-state index in [1.807, 2.05) is 74.5 Å². The van der Waals surface area contributed by atoms with Crippen molar-refractivity contribution >= 4 is 11.6 Å². The number of carbonyl (C=O) groups is 1. The Morgan fingerprint density at radius 2 is 1.50 bits per heavy atom. The first kappa shape index (κ1) is 14.1. The summed E-state index contributed by atoms with van der Waals surface area (Å²) in [6.07, 6.45) is 0. The van der Waals surface area contributed by atoms with Gasteiger partial charge in [0, 0.05) is 12.2 Å². The van der Waals surface area contributed by atoms with Gasteiger partial charge in [-0.05, 0) is 31.5 Å². The number of rotatable bonds is 5. The van der Waals surface area contributed by atoms with Gasteiger partial charge in [-0.3, -0.25) is 4.79 Å². The summed E-state index contributed by atoms with van der Waals surface area (Å²) >= 11 is 0. The van der Waals surface area contributed by atoms with Crippen molar-refractivity contribution in [3.8, 4) is 0 Å². The SMILES string of the molecule is CC(C)(Nc1ccccc1)C(=O)NCc1ccccc1. The predicted octanol–water partition coefficient (Wildman–Crippen LogP) is 3.19. The van der Waals surface area contributed by atoms with E-state index in [-0.39, 0.29) is 5.91 Å². The van der Waals surface area contributed by atoms with Crippen LogP contribution >= 0.6 is 0 Å². The van der Waals surface area contributed by atoms with Gasteiger partial charge in [-0.1, -0.05) is 48.5 Å². The fourth-order valence-corrected chi connectivity index (χ4v) is 1.94. The molecular weight excluding hydrogens is 248 g/mol. The molecule has 2 aromatic rings. The Morgan fingerprint density at radius 3 is 2.10 bits per heavy atom. The lowest BCUT2D eigenvalue weighted by atomic mass is 10.0. The average molecular weight is 268 g/mol. The van der Waals surface area contributed by atoms with Gasteiger partial charge in [0.1, 0.15) is 5.54 Å². The van der Waals surface area contributed by atoms with E-state index in [9.17, 15) is 4.79 Å². The Balaban J connectivity index is 1.93. The molecule has 104 valence electrons. The van der Waals surface area contributed by atoms with E-state index in [0.29, 0.717) is 6.54 Å². The molecule has 0 aliphatic heterocycles. The van der Waals surface area contributed by atoms with Gasteiger partial charge in [-0.2, -0.15) is 0 Å². The lowest BCUT2D eigenvalue weighted by Crippen LogP contribution is -2.47. The predicted molar refractivity (Wildman–Crippen MR) is 82.4 cm³/mol. The largest absolute Gasteiger partial charge is 0.372 e. The number of amides is 1. The Bertz CT molecular complexity index is 550. The van der Waals surface area contributed by atoms with Crippen molar-refractivity contribution in [3.63, 3.8) is 0 Å². The summed E-state index contributed by atoms with van der Waals surface area (Å²) in [5, 5.41) is 6.20. The molecule has 3 nitrogen and oxygen atoms in total. The van der Waals surface area contributed by atoms with E-state index in [1.54, 1.807) is 0 Å². The van der Waals surface area contributed by atoms with Crippen LogP contribution in [-0.4, -0.2) is 11.4 Å². The summed E-state index contributed by atoms with van der Waals surface area (Å²) in [6.45, 7) is 4.29. The normalized spacial score (nSPS) is 10.9. The minimum absolute atomic E-state index is 0.0230. The molecule has 0 heterocycles. The Labute approximate surface area is 120 Å². The van der Waals surface area contributed by atoms with Crippen LogP contribution in [-0.2, 0) is 11.3 Å². The molecule has 2 N–H and O–H groups in total. The number of benzene rings is 2. The minimum atomic E-state index is -0.657. The second-order valence-electron chi connectivity index (χ2n) is 5.28. The number of carbonyl (C=O) groups excluding carboxylic acids is 1. The van der Waals surface area contributed by atoms with Crippen molar-refractivity contribution in [3.05, 3.63) is 66.2 Å². The van der Waals surface area contributed by atoms with Crippen molar-refractivity contribution in [1.82, 2.24) is 5.32 Å². The van der Waals surface area contributed by atoms with Crippen LogP contribution in [0.2, 0.25) is 0 Å². The monoisotopic (exact) mass is 268 g/mol. The van der Waals surface area contributed by atoms with Crippen molar-refractivity contribution in [2.45, 2.75) is 25.9 Å². The maximum absolute atomic E-state index is 12.3. The van der Waals surface area contributed by atoms with Crippen LogP contribution in [0.4, 0.5) is 5.69 Å². The second kappa shape index (κ2) is 6.24. The first-order chi connectivity index (χ1) is 9.58. The molecule has 0 bridgehead atoms. The Kier molecular flexibility index (Phi) is 4.41. The third-order valence-corrected chi connectivity index (χ3v) is 3.09. The fraction of sp³-hybridized carbons (Fsp3) is 0.235. The Hall–Kier alpha value is -2.29. The second-order valence-corrected chi connectivity index (χ2v) is 5.28. The molecule has 2 rings (SSSR count). The fourth-order valence-electron chi connectivity index (χ4n) is 1.94. The van der Waals surface area contributed by atoms with Gasteiger partial charge in [0.15, 0.2) is 0 Å². The van der Waals surface area contributed by atoms with Gasteiger partial charge in [-0.15, -0.1) is 0 Å². The number of anilines is 1. The van der Waals surface area contributed by atoms with E-state index in [4.69, 9.17) is 0 Å². The van der Waals surface area contributed by atoms with E-state index in [2.05, 4.69) is 10.6 Å². The van der Waals surface area contributed by atoms with Gasteiger partial charge in [0.2, 0.25) is 5.91 Å². The smallest absolute Gasteiger partial charge is 0.245 e. The summed E-state index contributed by atoms with van der Waals surface area (Å²) in [7, 11) is 0. The molecule has 2 aromatic carbocycles. The van der Waals surface area contributed by atoms with Gasteiger partial charge < -0.3 is 10.6 Å². The molecule has 3 heteroatoms. The maximum atomic E-state index is 12.3. The molecule has 0 atom stereocenters. The summed E-state index contributed by atoms with van der Waals surface area (Å²) in [6, 6.07) is 19.6. The highest BCUT2D eigenvalue weighted by atomic mass is 16.2.